The van der Waals surface area contributed by atoms with Gasteiger partial charge in [-0.3, -0.25) is 0 Å². The van der Waals surface area contributed by atoms with Crippen LogP contribution in [0.3, 0.4) is 0 Å². The predicted octanol–water partition coefficient (Wildman–Crippen LogP) is 1.63. The first-order valence-corrected chi connectivity index (χ1v) is 4.45. The van der Waals surface area contributed by atoms with Gasteiger partial charge in [0.2, 0.25) is 0 Å². The molecule has 0 aromatic heterocycles. The lowest BCUT2D eigenvalue weighted by molar-refractivity contribution is 0.227. The number of nitrogens with zero attached hydrogens (tertiary/aromatic N) is 2. The summed E-state index contributed by atoms with van der Waals surface area (Å²) in [7, 11) is 0. The van der Waals surface area contributed by atoms with E-state index in [0.717, 1.165) is 13.0 Å². The Morgan fingerprint density at radius 3 is 2.55 bits per heavy atom. The summed E-state index contributed by atoms with van der Waals surface area (Å²) in [5.74, 6) is 0. The van der Waals surface area contributed by atoms with Crippen molar-refractivity contribution in [2.75, 3.05) is 26.2 Å². The molecule has 0 amide bonds. The molecule has 0 aliphatic carbocycles. The minimum Gasteiger partial charge on any atom is -0.303 e. The second-order valence-electron chi connectivity index (χ2n) is 3.11. The summed E-state index contributed by atoms with van der Waals surface area (Å²) < 4.78 is 0. The molecule has 0 radical (unpaired) electrons. The highest BCUT2D eigenvalue weighted by molar-refractivity contribution is 4.64. The van der Waals surface area contributed by atoms with E-state index in [-0.39, 0.29) is 0 Å². The lowest BCUT2D eigenvalue weighted by Gasteiger charge is -2.25. The van der Waals surface area contributed by atoms with Crippen LogP contribution in [0.2, 0.25) is 0 Å². The molecule has 11 heavy (non-hydrogen) atoms. The van der Waals surface area contributed by atoms with Crippen molar-refractivity contribution in [2.45, 2.75) is 25.7 Å². The molecular formula is C8H16N2O. The largest absolute Gasteiger partial charge is 0.303 e. The number of likely N-dealkylation sites (tertiary alicyclic amines) is 1. The normalized spacial score (nSPS) is 20.0. The van der Waals surface area contributed by atoms with Crippen LogP contribution >= 0.6 is 0 Å². The van der Waals surface area contributed by atoms with Crippen LogP contribution < -0.4 is 0 Å². The predicted molar refractivity (Wildman–Crippen MR) is 45.6 cm³/mol. The summed E-state index contributed by atoms with van der Waals surface area (Å²) in [6.07, 6.45) is 4.97. The zero-order valence-corrected chi connectivity index (χ0v) is 6.96. The summed E-state index contributed by atoms with van der Waals surface area (Å²) in [5, 5.41) is 2.84. The van der Waals surface area contributed by atoms with E-state index in [4.69, 9.17) is 0 Å². The molecule has 1 saturated heterocycles. The third kappa shape index (κ3) is 3.46. The third-order valence-corrected chi connectivity index (χ3v) is 2.17. The summed E-state index contributed by atoms with van der Waals surface area (Å²) in [6.45, 7) is 3.99. The molecule has 64 valence electrons. The van der Waals surface area contributed by atoms with Gasteiger partial charge in [-0.2, -0.15) is 4.91 Å². The molecule has 0 N–H and O–H groups in total. The minimum absolute atomic E-state index is 0.483. The molecule has 1 fully saturated rings. The monoisotopic (exact) mass is 156 g/mol. The van der Waals surface area contributed by atoms with E-state index >= 15 is 0 Å². The van der Waals surface area contributed by atoms with Crippen molar-refractivity contribution < 1.29 is 0 Å². The van der Waals surface area contributed by atoms with E-state index < -0.39 is 0 Å². The van der Waals surface area contributed by atoms with Gasteiger partial charge in [0.05, 0.1) is 6.54 Å². The van der Waals surface area contributed by atoms with E-state index in [1.165, 1.54) is 32.4 Å². The van der Waals surface area contributed by atoms with Crippen molar-refractivity contribution in [3.63, 3.8) is 0 Å². The van der Waals surface area contributed by atoms with Crippen LogP contribution in [-0.4, -0.2) is 31.1 Å². The van der Waals surface area contributed by atoms with Gasteiger partial charge < -0.3 is 4.90 Å². The van der Waals surface area contributed by atoms with Gasteiger partial charge in [-0.1, -0.05) is 11.6 Å². The highest BCUT2D eigenvalue weighted by Gasteiger charge is 2.08. The number of nitroso groups, excluding NO2 is 1. The van der Waals surface area contributed by atoms with Crippen molar-refractivity contribution >= 4 is 0 Å². The van der Waals surface area contributed by atoms with Gasteiger partial charge in [0.1, 0.15) is 0 Å². The first-order valence-electron chi connectivity index (χ1n) is 4.45. The maximum Gasteiger partial charge on any atom is 0.0823 e. The molecule has 0 spiro atoms. The van der Waals surface area contributed by atoms with E-state index in [0.29, 0.717) is 6.54 Å². The zero-order valence-electron chi connectivity index (χ0n) is 6.96. The van der Waals surface area contributed by atoms with Gasteiger partial charge in [0.25, 0.3) is 0 Å². The average Bonchev–Trinajstić information content (AvgIpc) is 2.07. The van der Waals surface area contributed by atoms with E-state index in [1.807, 2.05) is 0 Å². The second-order valence-corrected chi connectivity index (χ2v) is 3.11. The van der Waals surface area contributed by atoms with Gasteiger partial charge in [-0.15, -0.1) is 0 Å². The Hall–Kier alpha value is -0.440. The number of rotatable bonds is 4. The van der Waals surface area contributed by atoms with Gasteiger partial charge >= 0.3 is 0 Å². The van der Waals surface area contributed by atoms with Crippen molar-refractivity contribution in [3.8, 4) is 0 Å². The Balaban J connectivity index is 2.00. The van der Waals surface area contributed by atoms with E-state index in [1.54, 1.807) is 0 Å². The Kier molecular flexibility index (Phi) is 4.12. The fraction of sp³-hybridized carbons (Fsp3) is 1.00. The van der Waals surface area contributed by atoms with Crippen molar-refractivity contribution in [2.24, 2.45) is 5.18 Å². The summed E-state index contributed by atoms with van der Waals surface area (Å²) in [6, 6.07) is 0. The topological polar surface area (TPSA) is 32.7 Å². The molecule has 0 atom stereocenters. The molecular weight excluding hydrogens is 140 g/mol. The van der Waals surface area contributed by atoms with Gasteiger partial charge in [0.15, 0.2) is 0 Å². The fourth-order valence-corrected chi connectivity index (χ4v) is 1.54. The Labute approximate surface area is 67.7 Å². The second kappa shape index (κ2) is 5.24. The van der Waals surface area contributed by atoms with Crippen LogP contribution in [0.25, 0.3) is 0 Å². The average molecular weight is 156 g/mol. The Morgan fingerprint density at radius 1 is 1.18 bits per heavy atom. The number of hydrogen-bond acceptors (Lipinski definition) is 3. The third-order valence-electron chi connectivity index (χ3n) is 2.17. The van der Waals surface area contributed by atoms with Crippen LogP contribution in [0.4, 0.5) is 0 Å². The maximum absolute atomic E-state index is 9.78. The molecule has 0 aromatic rings. The van der Waals surface area contributed by atoms with Gasteiger partial charge in [0, 0.05) is 6.54 Å². The number of piperidine rings is 1. The Morgan fingerprint density at radius 2 is 1.91 bits per heavy atom. The zero-order chi connectivity index (χ0) is 7.94. The first kappa shape index (κ1) is 8.65. The Bertz CT molecular complexity index is 111. The summed E-state index contributed by atoms with van der Waals surface area (Å²) in [5.41, 5.74) is 0. The lowest BCUT2D eigenvalue weighted by atomic mass is 10.1. The molecule has 0 saturated carbocycles. The van der Waals surface area contributed by atoms with Crippen LogP contribution in [0.1, 0.15) is 25.7 Å². The van der Waals surface area contributed by atoms with Gasteiger partial charge in [-0.25, -0.2) is 0 Å². The molecule has 3 heteroatoms. The molecule has 0 aromatic carbocycles. The number of hydrogen-bond donors (Lipinski definition) is 0. The lowest BCUT2D eigenvalue weighted by Crippen LogP contribution is -2.30. The first-order chi connectivity index (χ1) is 5.43. The minimum atomic E-state index is 0.483. The van der Waals surface area contributed by atoms with Crippen molar-refractivity contribution in [1.29, 1.82) is 0 Å². The maximum atomic E-state index is 9.78. The van der Waals surface area contributed by atoms with E-state index in [9.17, 15) is 4.91 Å². The van der Waals surface area contributed by atoms with Crippen LogP contribution in [0.5, 0.6) is 0 Å². The summed E-state index contributed by atoms with van der Waals surface area (Å²) in [4.78, 5) is 12.2. The molecule has 1 aliphatic heterocycles. The smallest absolute Gasteiger partial charge is 0.0823 e. The van der Waals surface area contributed by atoms with Crippen LogP contribution in [-0.2, 0) is 0 Å². The van der Waals surface area contributed by atoms with Gasteiger partial charge in [-0.05, 0) is 32.4 Å². The highest BCUT2D eigenvalue weighted by atomic mass is 16.3. The SMILES string of the molecule is O=NCCCN1CCCCC1. The molecule has 0 unspecified atom stereocenters. The van der Waals surface area contributed by atoms with Crippen LogP contribution in [0.15, 0.2) is 5.18 Å². The quantitative estimate of drug-likeness (QED) is 0.457. The van der Waals surface area contributed by atoms with Crippen molar-refractivity contribution in [3.05, 3.63) is 4.91 Å². The highest BCUT2D eigenvalue weighted by Crippen LogP contribution is 2.08. The standard InChI is InChI=1S/C8H16N2O/c11-9-5-4-8-10-6-2-1-3-7-10/h1-8H2. The molecule has 1 heterocycles. The fourth-order valence-electron chi connectivity index (χ4n) is 1.54. The molecule has 3 nitrogen and oxygen atoms in total. The van der Waals surface area contributed by atoms with E-state index in [2.05, 4.69) is 10.1 Å². The molecule has 1 rings (SSSR count). The van der Waals surface area contributed by atoms with Crippen LogP contribution in [0, 0.1) is 4.91 Å². The molecule has 1 aliphatic rings. The molecule has 0 bridgehead atoms. The summed E-state index contributed by atoms with van der Waals surface area (Å²) >= 11 is 0. The van der Waals surface area contributed by atoms with Crippen molar-refractivity contribution in [1.82, 2.24) is 4.90 Å².